The van der Waals surface area contributed by atoms with Gasteiger partial charge < -0.3 is 14.4 Å². The predicted octanol–water partition coefficient (Wildman–Crippen LogP) is 1.45. The van der Waals surface area contributed by atoms with E-state index < -0.39 is 0 Å². The molecule has 0 saturated heterocycles. The van der Waals surface area contributed by atoms with E-state index in [9.17, 15) is 4.79 Å². The zero-order valence-electron chi connectivity index (χ0n) is 13.0. The molecule has 0 aromatic carbocycles. The molecule has 22 heavy (non-hydrogen) atoms. The van der Waals surface area contributed by atoms with Crippen LogP contribution in [0.4, 0.5) is 0 Å². The van der Waals surface area contributed by atoms with E-state index in [2.05, 4.69) is 25.0 Å². The summed E-state index contributed by atoms with van der Waals surface area (Å²) in [7, 11) is 0. The highest BCUT2D eigenvalue weighted by Crippen LogP contribution is 2.14. The van der Waals surface area contributed by atoms with Crippen molar-refractivity contribution in [2.24, 2.45) is 0 Å². The van der Waals surface area contributed by atoms with Crippen molar-refractivity contribution in [2.75, 3.05) is 0 Å². The van der Waals surface area contributed by atoms with Crippen LogP contribution in [0.2, 0.25) is 0 Å². The molecule has 0 aliphatic carbocycles. The molecule has 1 atom stereocenters. The Labute approximate surface area is 129 Å². The summed E-state index contributed by atoms with van der Waals surface area (Å²) < 4.78 is 7.25. The molecule has 1 aliphatic rings. The molecule has 0 bridgehead atoms. The Bertz CT molecular complexity index is 646. The van der Waals surface area contributed by atoms with Crippen molar-refractivity contribution in [3.05, 3.63) is 29.9 Å². The number of hydrogen-bond acceptors (Lipinski definition) is 5. The summed E-state index contributed by atoms with van der Waals surface area (Å²) in [4.78, 5) is 20.6. The standard InChI is InChI=1S/C15H21N5O2/c1-10(2)15-18-14(22-19-15)6-5-13(21)17-11-3-4-12-16-7-8-20(12)9-11/h7-8,10-11H,3-6,9H2,1-2H3,(H,17,21). The van der Waals surface area contributed by atoms with Crippen molar-refractivity contribution in [1.82, 2.24) is 25.0 Å². The summed E-state index contributed by atoms with van der Waals surface area (Å²) in [5.41, 5.74) is 0. The maximum absolute atomic E-state index is 12.0. The topological polar surface area (TPSA) is 85.8 Å². The maximum Gasteiger partial charge on any atom is 0.227 e. The van der Waals surface area contributed by atoms with Crippen LogP contribution in [-0.4, -0.2) is 31.6 Å². The highest BCUT2D eigenvalue weighted by molar-refractivity contribution is 5.76. The molecule has 0 fully saturated rings. The second kappa shape index (κ2) is 6.29. The van der Waals surface area contributed by atoms with E-state index in [1.54, 1.807) is 6.20 Å². The van der Waals surface area contributed by atoms with Gasteiger partial charge in [0.05, 0.1) is 0 Å². The van der Waals surface area contributed by atoms with Crippen molar-refractivity contribution < 1.29 is 9.32 Å². The number of nitrogens with zero attached hydrogens (tertiary/aromatic N) is 4. The second-order valence-corrected chi connectivity index (χ2v) is 6.00. The average Bonchev–Trinajstić information content (AvgIpc) is 3.13. The van der Waals surface area contributed by atoms with E-state index in [0.717, 1.165) is 25.2 Å². The largest absolute Gasteiger partial charge is 0.352 e. The summed E-state index contributed by atoms with van der Waals surface area (Å²) in [6.45, 7) is 4.81. The maximum atomic E-state index is 12.0. The molecule has 0 spiro atoms. The molecule has 1 amide bonds. The first-order chi connectivity index (χ1) is 10.6. The Morgan fingerprint density at radius 3 is 3.18 bits per heavy atom. The Hall–Kier alpha value is -2.18. The SMILES string of the molecule is CC(C)c1noc(CCC(=O)NC2CCc3nccn3C2)n1. The van der Waals surface area contributed by atoms with Gasteiger partial charge in [-0.1, -0.05) is 19.0 Å². The van der Waals surface area contributed by atoms with E-state index in [1.165, 1.54) is 0 Å². The first-order valence-electron chi connectivity index (χ1n) is 7.73. The van der Waals surface area contributed by atoms with Crippen LogP contribution in [0.5, 0.6) is 0 Å². The fourth-order valence-electron chi connectivity index (χ4n) is 2.61. The van der Waals surface area contributed by atoms with Crippen molar-refractivity contribution in [2.45, 2.75) is 58.0 Å². The lowest BCUT2D eigenvalue weighted by Gasteiger charge is -2.24. The van der Waals surface area contributed by atoms with Crippen LogP contribution < -0.4 is 5.32 Å². The van der Waals surface area contributed by atoms with Gasteiger partial charge in [-0.3, -0.25) is 4.79 Å². The average molecular weight is 303 g/mol. The molecule has 7 nitrogen and oxygen atoms in total. The zero-order chi connectivity index (χ0) is 15.5. The monoisotopic (exact) mass is 303 g/mol. The minimum atomic E-state index is 0.0258. The van der Waals surface area contributed by atoms with Gasteiger partial charge >= 0.3 is 0 Å². The molecule has 0 saturated carbocycles. The summed E-state index contributed by atoms with van der Waals surface area (Å²) >= 11 is 0. The lowest BCUT2D eigenvalue weighted by atomic mass is 10.1. The van der Waals surface area contributed by atoms with E-state index >= 15 is 0 Å². The molecule has 3 rings (SSSR count). The van der Waals surface area contributed by atoms with Gasteiger partial charge in [-0.05, 0) is 6.42 Å². The van der Waals surface area contributed by atoms with Crippen LogP contribution >= 0.6 is 0 Å². The van der Waals surface area contributed by atoms with E-state index in [0.29, 0.717) is 24.6 Å². The third-order valence-electron chi connectivity index (χ3n) is 3.87. The quantitative estimate of drug-likeness (QED) is 0.903. The Morgan fingerprint density at radius 1 is 1.55 bits per heavy atom. The third-order valence-corrected chi connectivity index (χ3v) is 3.87. The molecule has 0 radical (unpaired) electrons. The number of nitrogens with one attached hydrogen (secondary N) is 1. The highest BCUT2D eigenvalue weighted by atomic mass is 16.5. The van der Waals surface area contributed by atoms with Crippen molar-refractivity contribution in [3.63, 3.8) is 0 Å². The minimum Gasteiger partial charge on any atom is -0.352 e. The van der Waals surface area contributed by atoms with E-state index in [4.69, 9.17) is 4.52 Å². The summed E-state index contributed by atoms with van der Waals surface area (Å²) in [5.74, 6) is 2.57. The van der Waals surface area contributed by atoms with Gasteiger partial charge in [-0.2, -0.15) is 4.98 Å². The molecule has 7 heteroatoms. The number of aromatic nitrogens is 4. The number of imidazole rings is 1. The number of carbonyl (C=O) groups is 1. The van der Waals surface area contributed by atoms with Crippen molar-refractivity contribution >= 4 is 5.91 Å². The van der Waals surface area contributed by atoms with Gasteiger partial charge in [0.15, 0.2) is 5.82 Å². The Balaban J connectivity index is 1.46. The van der Waals surface area contributed by atoms with Gasteiger partial charge in [0.2, 0.25) is 11.8 Å². The van der Waals surface area contributed by atoms with Crippen molar-refractivity contribution in [1.29, 1.82) is 0 Å². The summed E-state index contributed by atoms with van der Waals surface area (Å²) in [6, 6.07) is 0.170. The lowest BCUT2D eigenvalue weighted by Crippen LogP contribution is -2.41. The molecular weight excluding hydrogens is 282 g/mol. The van der Waals surface area contributed by atoms with Gasteiger partial charge in [-0.15, -0.1) is 0 Å². The number of carbonyl (C=O) groups excluding carboxylic acids is 1. The van der Waals surface area contributed by atoms with Crippen LogP contribution in [-0.2, 0) is 24.2 Å². The summed E-state index contributed by atoms with van der Waals surface area (Å²) in [5, 5.41) is 6.97. The van der Waals surface area contributed by atoms with Gasteiger partial charge in [-0.25, -0.2) is 4.98 Å². The minimum absolute atomic E-state index is 0.0258. The molecule has 1 N–H and O–H groups in total. The number of fused-ring (bicyclic) bond motifs is 1. The molecular formula is C15H21N5O2. The second-order valence-electron chi connectivity index (χ2n) is 6.00. The summed E-state index contributed by atoms with van der Waals surface area (Å²) in [6.07, 6.45) is 6.45. The van der Waals surface area contributed by atoms with Gasteiger partial charge in [0.25, 0.3) is 0 Å². The smallest absolute Gasteiger partial charge is 0.227 e. The predicted molar refractivity (Wildman–Crippen MR) is 79.2 cm³/mol. The fourth-order valence-corrected chi connectivity index (χ4v) is 2.61. The Morgan fingerprint density at radius 2 is 2.41 bits per heavy atom. The number of aryl methyl sites for hydroxylation is 2. The molecule has 2 aromatic rings. The molecule has 2 aromatic heterocycles. The van der Waals surface area contributed by atoms with Crippen LogP contribution in [0.3, 0.4) is 0 Å². The zero-order valence-corrected chi connectivity index (χ0v) is 13.0. The fraction of sp³-hybridized carbons (Fsp3) is 0.600. The normalized spacial score (nSPS) is 17.5. The molecule has 1 unspecified atom stereocenters. The van der Waals surface area contributed by atoms with Crippen LogP contribution in [0.25, 0.3) is 0 Å². The first kappa shape index (κ1) is 14.7. The van der Waals surface area contributed by atoms with Crippen LogP contribution in [0.1, 0.15) is 50.1 Å². The van der Waals surface area contributed by atoms with Gasteiger partial charge in [0, 0.05) is 50.2 Å². The number of rotatable bonds is 5. The third kappa shape index (κ3) is 3.35. The van der Waals surface area contributed by atoms with E-state index in [-0.39, 0.29) is 17.9 Å². The highest BCUT2D eigenvalue weighted by Gasteiger charge is 2.20. The lowest BCUT2D eigenvalue weighted by molar-refractivity contribution is -0.122. The number of amides is 1. The van der Waals surface area contributed by atoms with Crippen molar-refractivity contribution in [3.8, 4) is 0 Å². The molecule has 3 heterocycles. The Kier molecular flexibility index (Phi) is 4.22. The van der Waals surface area contributed by atoms with Crippen LogP contribution in [0.15, 0.2) is 16.9 Å². The molecule has 118 valence electrons. The van der Waals surface area contributed by atoms with Crippen LogP contribution in [0, 0.1) is 0 Å². The molecule has 1 aliphatic heterocycles. The number of hydrogen-bond donors (Lipinski definition) is 1. The first-order valence-corrected chi connectivity index (χ1v) is 7.73. The van der Waals surface area contributed by atoms with Gasteiger partial charge in [0.1, 0.15) is 5.82 Å². The van der Waals surface area contributed by atoms with E-state index in [1.807, 2.05) is 20.0 Å².